The van der Waals surface area contributed by atoms with Crippen LogP contribution in [0.15, 0.2) is 41.7 Å². The molecule has 29 heavy (non-hydrogen) atoms. The predicted octanol–water partition coefficient (Wildman–Crippen LogP) is 2.89. The summed E-state index contributed by atoms with van der Waals surface area (Å²) < 4.78 is 1.70. The van der Waals surface area contributed by atoms with Crippen LogP contribution in [-0.2, 0) is 17.3 Å². The summed E-state index contributed by atoms with van der Waals surface area (Å²) in [7, 11) is 3.58. The second-order valence-corrected chi connectivity index (χ2v) is 8.01. The highest BCUT2D eigenvalue weighted by Crippen LogP contribution is 2.29. The predicted molar refractivity (Wildman–Crippen MR) is 128 cm³/mol. The fraction of sp³-hybridized carbons (Fsp3) is 0.450. The number of piperazine rings is 1. The lowest BCUT2D eigenvalue weighted by Crippen LogP contribution is -2.56. The summed E-state index contributed by atoms with van der Waals surface area (Å²) in [5.41, 5.74) is 1.72. The molecule has 0 radical (unpaired) electrons. The Kier molecular flexibility index (Phi) is 7.93. The second kappa shape index (κ2) is 9.80. The summed E-state index contributed by atoms with van der Waals surface area (Å²) in [4.78, 5) is 20.8. The lowest BCUT2D eigenvalue weighted by Gasteiger charge is -2.36. The van der Waals surface area contributed by atoms with E-state index in [9.17, 15) is 4.79 Å². The number of carbonyl (C=O) groups is 1. The first-order valence-electron chi connectivity index (χ1n) is 9.31. The van der Waals surface area contributed by atoms with E-state index in [1.807, 2.05) is 42.4 Å². The minimum Gasteiger partial charge on any atom is -0.355 e. The lowest BCUT2D eigenvalue weighted by atomic mass is 9.84. The molecule has 0 saturated carbocycles. The maximum Gasteiger partial charge on any atom is 0.246 e. The van der Waals surface area contributed by atoms with Gasteiger partial charge < -0.3 is 15.1 Å². The summed E-state index contributed by atoms with van der Waals surface area (Å²) >= 11 is 6.38. The van der Waals surface area contributed by atoms with Crippen LogP contribution in [0.2, 0.25) is 5.02 Å². The van der Waals surface area contributed by atoms with E-state index in [-0.39, 0.29) is 41.8 Å². The second-order valence-electron chi connectivity index (χ2n) is 7.60. The molecule has 2 heterocycles. The minimum absolute atomic E-state index is 0. The van der Waals surface area contributed by atoms with E-state index < -0.39 is 0 Å². The Morgan fingerprint density at radius 2 is 2.03 bits per heavy atom. The van der Waals surface area contributed by atoms with Crippen LogP contribution in [0.4, 0.5) is 5.69 Å². The highest BCUT2D eigenvalue weighted by atomic mass is 127. The van der Waals surface area contributed by atoms with Gasteiger partial charge in [-0.2, -0.15) is 5.10 Å². The van der Waals surface area contributed by atoms with Gasteiger partial charge in [0.05, 0.1) is 11.9 Å². The van der Waals surface area contributed by atoms with Gasteiger partial charge in [-0.3, -0.25) is 14.5 Å². The number of aromatic nitrogens is 2. The zero-order valence-corrected chi connectivity index (χ0v) is 20.3. The first-order chi connectivity index (χ1) is 13.3. The van der Waals surface area contributed by atoms with Crippen LogP contribution in [0.25, 0.3) is 0 Å². The fourth-order valence-corrected chi connectivity index (χ4v) is 3.80. The molecule has 158 valence electrons. The SMILES string of the molecule is CN=C(NCC(C)(C)c1ccccc1Cl)N1CCN(c2cnn(C)c2)C(=O)C1.I. The van der Waals surface area contributed by atoms with Crippen molar-refractivity contribution in [2.24, 2.45) is 12.0 Å². The number of hydrogen-bond acceptors (Lipinski definition) is 3. The largest absolute Gasteiger partial charge is 0.355 e. The standard InChI is InChI=1S/C20H27ClN6O.HI/c1-20(2,16-7-5-6-8-17(16)21)14-23-19(22-3)26-9-10-27(18(28)13-26)15-11-24-25(4)12-15;/h5-8,11-12H,9-10,13-14H2,1-4H3,(H,22,23);1H. The van der Waals surface area contributed by atoms with Crippen LogP contribution < -0.4 is 10.2 Å². The van der Waals surface area contributed by atoms with E-state index in [0.29, 0.717) is 19.6 Å². The van der Waals surface area contributed by atoms with Gasteiger partial charge in [0.25, 0.3) is 0 Å². The van der Waals surface area contributed by atoms with Gasteiger partial charge in [-0.15, -0.1) is 24.0 Å². The van der Waals surface area contributed by atoms with Crippen LogP contribution in [0.3, 0.4) is 0 Å². The molecule has 1 fully saturated rings. The maximum atomic E-state index is 12.6. The quantitative estimate of drug-likeness (QED) is 0.375. The molecule has 1 aromatic heterocycles. The molecular formula is C20H28ClIN6O. The number of anilines is 1. The molecule has 9 heteroatoms. The fourth-order valence-electron chi connectivity index (χ4n) is 3.41. The molecule has 0 atom stereocenters. The van der Waals surface area contributed by atoms with Crippen LogP contribution in [0, 0.1) is 0 Å². The molecular weight excluding hydrogens is 503 g/mol. The molecule has 1 aliphatic rings. The Bertz CT molecular complexity index is 881. The van der Waals surface area contributed by atoms with Gasteiger partial charge in [-0.25, -0.2) is 0 Å². The number of rotatable bonds is 4. The molecule has 1 aromatic carbocycles. The van der Waals surface area contributed by atoms with Crippen molar-refractivity contribution < 1.29 is 4.79 Å². The normalized spacial score (nSPS) is 15.3. The van der Waals surface area contributed by atoms with Gasteiger partial charge in [0.15, 0.2) is 5.96 Å². The number of guanidine groups is 1. The van der Waals surface area contributed by atoms with Crippen LogP contribution in [0.1, 0.15) is 19.4 Å². The summed E-state index contributed by atoms with van der Waals surface area (Å²) in [6.45, 7) is 6.51. The summed E-state index contributed by atoms with van der Waals surface area (Å²) in [5.74, 6) is 0.756. The Hall–Kier alpha value is -1.81. The summed E-state index contributed by atoms with van der Waals surface area (Å²) in [5, 5.41) is 8.32. The van der Waals surface area contributed by atoms with Crippen LogP contribution in [0.5, 0.6) is 0 Å². The Morgan fingerprint density at radius 1 is 1.31 bits per heavy atom. The third-order valence-corrected chi connectivity index (χ3v) is 5.36. The van der Waals surface area contributed by atoms with E-state index in [4.69, 9.17) is 11.6 Å². The molecule has 1 amide bonds. The number of nitrogens with zero attached hydrogens (tertiary/aromatic N) is 5. The van der Waals surface area contributed by atoms with Crippen molar-refractivity contribution in [3.63, 3.8) is 0 Å². The zero-order chi connectivity index (χ0) is 20.3. The number of amides is 1. The van der Waals surface area contributed by atoms with Crippen molar-refractivity contribution in [1.82, 2.24) is 20.0 Å². The number of halogens is 2. The number of benzene rings is 1. The maximum absolute atomic E-state index is 12.6. The van der Waals surface area contributed by atoms with Crippen LogP contribution >= 0.6 is 35.6 Å². The van der Waals surface area contributed by atoms with Crippen molar-refractivity contribution in [3.05, 3.63) is 47.2 Å². The number of aliphatic imine (C=N–C) groups is 1. The van der Waals surface area contributed by atoms with Crippen molar-refractivity contribution >= 4 is 53.1 Å². The monoisotopic (exact) mass is 530 g/mol. The van der Waals surface area contributed by atoms with Crippen molar-refractivity contribution in [2.45, 2.75) is 19.3 Å². The molecule has 1 aliphatic heterocycles. The Labute approximate surface area is 194 Å². The van der Waals surface area contributed by atoms with Crippen molar-refractivity contribution in [3.8, 4) is 0 Å². The average Bonchev–Trinajstić information content (AvgIpc) is 3.08. The van der Waals surface area contributed by atoms with Crippen molar-refractivity contribution in [1.29, 1.82) is 0 Å². The van der Waals surface area contributed by atoms with E-state index in [1.54, 1.807) is 22.8 Å². The molecule has 0 bridgehead atoms. The van der Waals surface area contributed by atoms with E-state index in [1.165, 1.54) is 0 Å². The van der Waals surface area contributed by atoms with Gasteiger partial charge in [0.1, 0.15) is 6.54 Å². The first-order valence-corrected chi connectivity index (χ1v) is 9.69. The molecule has 1 saturated heterocycles. The van der Waals surface area contributed by atoms with E-state index in [2.05, 4.69) is 29.3 Å². The summed E-state index contributed by atoms with van der Waals surface area (Å²) in [6.07, 6.45) is 3.57. The highest BCUT2D eigenvalue weighted by molar-refractivity contribution is 14.0. The lowest BCUT2D eigenvalue weighted by molar-refractivity contribution is -0.120. The zero-order valence-electron chi connectivity index (χ0n) is 17.2. The van der Waals surface area contributed by atoms with Crippen molar-refractivity contribution in [2.75, 3.05) is 38.1 Å². The van der Waals surface area contributed by atoms with Gasteiger partial charge in [-0.05, 0) is 11.6 Å². The first kappa shape index (κ1) is 23.5. The highest BCUT2D eigenvalue weighted by Gasteiger charge is 2.29. The molecule has 2 aromatic rings. The van der Waals surface area contributed by atoms with Gasteiger partial charge >= 0.3 is 0 Å². The molecule has 3 rings (SSSR count). The number of aryl methyl sites for hydroxylation is 1. The van der Waals surface area contributed by atoms with Gasteiger partial charge in [0, 0.05) is 50.4 Å². The smallest absolute Gasteiger partial charge is 0.246 e. The third-order valence-electron chi connectivity index (χ3n) is 5.03. The molecule has 1 N–H and O–H groups in total. The van der Waals surface area contributed by atoms with E-state index >= 15 is 0 Å². The Morgan fingerprint density at radius 3 is 2.62 bits per heavy atom. The number of hydrogen-bond donors (Lipinski definition) is 1. The average molecular weight is 531 g/mol. The summed E-state index contributed by atoms with van der Waals surface area (Å²) in [6, 6.07) is 7.88. The number of carbonyl (C=O) groups excluding carboxylic acids is 1. The van der Waals surface area contributed by atoms with Crippen LogP contribution in [-0.4, -0.2) is 59.8 Å². The van der Waals surface area contributed by atoms with E-state index in [0.717, 1.165) is 22.2 Å². The molecule has 7 nitrogen and oxygen atoms in total. The molecule has 0 aliphatic carbocycles. The Balaban J connectivity index is 0.00000300. The molecule has 0 spiro atoms. The van der Waals surface area contributed by atoms with Gasteiger partial charge in [0.2, 0.25) is 5.91 Å². The third kappa shape index (κ3) is 5.42. The van der Waals surface area contributed by atoms with Gasteiger partial charge in [-0.1, -0.05) is 43.6 Å². The number of nitrogens with one attached hydrogen (secondary N) is 1. The molecule has 0 unspecified atom stereocenters. The minimum atomic E-state index is -0.185. The topological polar surface area (TPSA) is 65.8 Å².